The monoisotopic (exact) mass is 567 g/mol. The molecule has 214 valence electrons. The molecule has 2 aromatic rings. The summed E-state index contributed by atoms with van der Waals surface area (Å²) in [6, 6.07) is 9.46. The molecule has 2 aliphatic rings. The molecule has 3 atom stereocenters. The normalized spacial score (nSPS) is 20.5. The largest absolute Gasteiger partial charge is 0.490 e. The summed E-state index contributed by atoms with van der Waals surface area (Å²) in [7, 11) is 0. The van der Waals surface area contributed by atoms with E-state index in [4.69, 9.17) is 29.3 Å². The van der Waals surface area contributed by atoms with Crippen molar-refractivity contribution in [2.24, 2.45) is 0 Å². The van der Waals surface area contributed by atoms with Crippen LogP contribution in [0.3, 0.4) is 0 Å². The maximum absolute atomic E-state index is 12.8. The lowest BCUT2D eigenvalue weighted by Crippen LogP contribution is -2.53. The van der Waals surface area contributed by atoms with Crippen LogP contribution in [0, 0.1) is 0 Å². The average molecular weight is 567 g/mol. The number of hydrogen-bond acceptors (Lipinski definition) is 7. The number of aromatic nitrogens is 2. The van der Waals surface area contributed by atoms with Gasteiger partial charge in [0, 0.05) is 25.1 Å². The summed E-state index contributed by atoms with van der Waals surface area (Å²) < 4.78 is 75.5. The van der Waals surface area contributed by atoms with Crippen LogP contribution in [-0.4, -0.2) is 86.7 Å². The van der Waals surface area contributed by atoms with Crippen LogP contribution in [0.25, 0.3) is 0 Å². The summed E-state index contributed by atoms with van der Waals surface area (Å²) >= 11 is 0. The Morgan fingerprint density at radius 2 is 1.62 bits per heavy atom. The number of carbonyl (C=O) groups excluding carboxylic acids is 1. The van der Waals surface area contributed by atoms with Gasteiger partial charge in [-0.2, -0.15) is 26.3 Å². The molecule has 2 N–H and O–H groups in total. The van der Waals surface area contributed by atoms with Crippen molar-refractivity contribution < 1.29 is 60.4 Å². The van der Waals surface area contributed by atoms with Gasteiger partial charge in [0.25, 0.3) is 5.91 Å². The van der Waals surface area contributed by atoms with E-state index in [2.05, 4.69) is 9.97 Å². The lowest BCUT2D eigenvalue weighted by Gasteiger charge is -2.39. The number of fused-ring (bicyclic) bond motifs is 1. The molecule has 1 amide bonds. The molecule has 2 fully saturated rings. The highest BCUT2D eigenvalue weighted by molar-refractivity contribution is 5.94. The summed E-state index contributed by atoms with van der Waals surface area (Å²) in [5.41, 5.74) is 1.53. The number of hydrogen-bond donors (Lipinski definition) is 2. The van der Waals surface area contributed by atoms with Crippen LogP contribution < -0.4 is 0 Å². The zero-order valence-corrected chi connectivity index (χ0v) is 19.9. The van der Waals surface area contributed by atoms with Gasteiger partial charge in [-0.15, -0.1) is 0 Å². The van der Waals surface area contributed by atoms with E-state index in [0.29, 0.717) is 25.3 Å². The molecule has 0 unspecified atom stereocenters. The number of carbonyl (C=O) groups is 3. The molecular formula is C23H23F6N3O7. The number of amides is 1. The predicted molar refractivity (Wildman–Crippen MR) is 118 cm³/mol. The molecule has 0 spiro atoms. The van der Waals surface area contributed by atoms with Gasteiger partial charge in [0.05, 0.1) is 36.6 Å². The second-order valence-corrected chi connectivity index (χ2v) is 8.00. The zero-order chi connectivity index (χ0) is 29.2. The van der Waals surface area contributed by atoms with Crippen molar-refractivity contribution in [2.75, 3.05) is 13.2 Å². The number of alkyl halides is 6. The Kier molecular flexibility index (Phi) is 11.2. The van der Waals surface area contributed by atoms with Gasteiger partial charge >= 0.3 is 24.3 Å². The third kappa shape index (κ3) is 9.79. The number of carboxylic acid groups (broad SMARTS) is 2. The van der Waals surface area contributed by atoms with Crippen LogP contribution in [0.1, 0.15) is 28.9 Å². The first-order chi connectivity index (χ1) is 18.2. The molecule has 0 aromatic carbocycles. The minimum atomic E-state index is -5.08. The predicted octanol–water partition coefficient (Wildman–Crippen LogP) is 3.33. The van der Waals surface area contributed by atoms with E-state index in [1.165, 1.54) is 0 Å². The van der Waals surface area contributed by atoms with Crippen LogP contribution in [0.15, 0.2) is 48.9 Å². The second-order valence-electron chi connectivity index (χ2n) is 8.00. The van der Waals surface area contributed by atoms with E-state index in [-0.39, 0.29) is 24.2 Å². The van der Waals surface area contributed by atoms with Gasteiger partial charge in [0.2, 0.25) is 0 Å². The molecule has 4 rings (SSSR count). The van der Waals surface area contributed by atoms with Gasteiger partial charge in [-0.1, -0.05) is 6.07 Å². The molecule has 3 heterocycles. The van der Waals surface area contributed by atoms with E-state index in [0.717, 1.165) is 18.5 Å². The molecule has 0 radical (unpaired) electrons. The Morgan fingerprint density at radius 3 is 2.13 bits per heavy atom. The fourth-order valence-corrected chi connectivity index (χ4v) is 3.68. The minimum Gasteiger partial charge on any atom is -0.475 e. The Morgan fingerprint density at radius 1 is 0.974 bits per heavy atom. The number of nitrogens with zero attached hydrogens (tertiary/aromatic N) is 3. The summed E-state index contributed by atoms with van der Waals surface area (Å²) in [5.74, 6) is -5.49. The van der Waals surface area contributed by atoms with Crippen LogP contribution in [0.4, 0.5) is 26.3 Å². The third-order valence-corrected chi connectivity index (χ3v) is 5.36. The van der Waals surface area contributed by atoms with Crippen molar-refractivity contribution in [2.45, 2.75) is 50.1 Å². The van der Waals surface area contributed by atoms with Crippen molar-refractivity contribution in [1.29, 1.82) is 0 Å². The SMILES string of the molecule is O=C(O)C(F)(F)F.O=C(O)C(F)(F)F.O=C(c1cccnc1)N1CCO[C@H]2[C@H](OCc3ccccn3)CC[C@@H]21. The van der Waals surface area contributed by atoms with Crippen LogP contribution >= 0.6 is 0 Å². The highest BCUT2D eigenvalue weighted by atomic mass is 19.4. The van der Waals surface area contributed by atoms with E-state index >= 15 is 0 Å². The lowest BCUT2D eigenvalue weighted by molar-refractivity contribution is -0.193. The Hall–Kier alpha value is -3.79. The molecule has 10 nitrogen and oxygen atoms in total. The molecule has 1 saturated heterocycles. The lowest BCUT2D eigenvalue weighted by atomic mass is 10.1. The first-order valence-corrected chi connectivity index (χ1v) is 11.2. The summed E-state index contributed by atoms with van der Waals surface area (Å²) in [6.07, 6.45) is -3.40. The molecule has 16 heteroatoms. The fraction of sp³-hybridized carbons (Fsp3) is 0.435. The second kappa shape index (κ2) is 13.8. The molecule has 2 aromatic heterocycles. The highest BCUT2D eigenvalue weighted by Crippen LogP contribution is 2.33. The van der Waals surface area contributed by atoms with Gasteiger partial charge in [-0.05, 0) is 37.1 Å². The molecule has 1 aliphatic carbocycles. The van der Waals surface area contributed by atoms with Gasteiger partial charge in [-0.3, -0.25) is 14.8 Å². The maximum Gasteiger partial charge on any atom is 0.490 e. The maximum atomic E-state index is 12.8. The molecular weight excluding hydrogens is 544 g/mol. The number of carboxylic acids is 2. The number of pyridine rings is 2. The fourth-order valence-electron chi connectivity index (χ4n) is 3.68. The van der Waals surface area contributed by atoms with Crippen molar-refractivity contribution in [3.8, 4) is 0 Å². The number of rotatable bonds is 4. The van der Waals surface area contributed by atoms with Crippen LogP contribution in [0.5, 0.6) is 0 Å². The van der Waals surface area contributed by atoms with Gasteiger partial charge < -0.3 is 24.6 Å². The van der Waals surface area contributed by atoms with Crippen molar-refractivity contribution in [3.05, 3.63) is 60.2 Å². The van der Waals surface area contributed by atoms with Gasteiger partial charge in [-0.25, -0.2) is 9.59 Å². The van der Waals surface area contributed by atoms with Crippen LogP contribution in [-0.2, 0) is 25.7 Å². The number of morpholine rings is 1. The van der Waals surface area contributed by atoms with Crippen LogP contribution in [0.2, 0.25) is 0 Å². The van der Waals surface area contributed by atoms with E-state index in [1.807, 2.05) is 29.2 Å². The van der Waals surface area contributed by atoms with Gasteiger partial charge in [0.1, 0.15) is 6.10 Å². The first-order valence-electron chi connectivity index (χ1n) is 11.2. The summed E-state index contributed by atoms with van der Waals surface area (Å²) in [4.78, 5) is 40.9. The number of aliphatic carboxylic acids is 2. The summed E-state index contributed by atoms with van der Waals surface area (Å²) in [5, 5.41) is 14.2. The molecule has 1 aliphatic heterocycles. The van der Waals surface area contributed by atoms with Crippen molar-refractivity contribution in [1.82, 2.24) is 14.9 Å². The average Bonchev–Trinajstić information content (AvgIpc) is 3.31. The standard InChI is InChI=1S/C19H21N3O3.2C2HF3O2/c23-19(14-4-3-8-20-12-14)22-10-11-24-18-16(22)6-7-17(18)25-13-15-5-1-2-9-21-15;2*3-2(4,5)1(6)7/h1-5,8-9,12,16-18H,6-7,10-11,13H2;2*(H,6,7)/t16-,17+,18+;;/m0../s1. The van der Waals surface area contributed by atoms with E-state index in [1.54, 1.807) is 24.7 Å². The molecule has 39 heavy (non-hydrogen) atoms. The Balaban J connectivity index is 0.000000317. The number of halogens is 6. The zero-order valence-electron chi connectivity index (χ0n) is 19.9. The van der Waals surface area contributed by atoms with E-state index < -0.39 is 24.3 Å². The van der Waals surface area contributed by atoms with Gasteiger partial charge in [0.15, 0.2) is 0 Å². The third-order valence-electron chi connectivity index (χ3n) is 5.36. The Bertz CT molecular complexity index is 1060. The number of ether oxygens (including phenoxy) is 2. The van der Waals surface area contributed by atoms with E-state index in [9.17, 15) is 31.1 Å². The highest BCUT2D eigenvalue weighted by Gasteiger charge is 2.45. The molecule has 1 saturated carbocycles. The first kappa shape index (κ1) is 31.4. The molecule has 0 bridgehead atoms. The van der Waals surface area contributed by atoms with Crippen molar-refractivity contribution in [3.63, 3.8) is 0 Å². The topological polar surface area (TPSA) is 139 Å². The minimum absolute atomic E-state index is 0.00324. The summed E-state index contributed by atoms with van der Waals surface area (Å²) in [6.45, 7) is 1.62. The quantitative estimate of drug-likeness (QED) is 0.533. The Labute approximate surface area is 217 Å². The smallest absolute Gasteiger partial charge is 0.475 e. The van der Waals surface area contributed by atoms with Crippen molar-refractivity contribution >= 4 is 17.8 Å².